The Morgan fingerprint density at radius 1 is 0.358 bits per heavy atom. The highest BCUT2D eigenvalue weighted by atomic mass is 16.5. The maximum Gasteiger partial charge on any atom is 0.124 e. The van der Waals surface area contributed by atoms with Crippen LogP contribution >= 0.6 is 0 Å². The number of ether oxygens (including phenoxy) is 3. The summed E-state index contributed by atoms with van der Waals surface area (Å²) in [5.41, 5.74) is 3.65. The second-order valence-corrected chi connectivity index (χ2v) is 14.0. The summed E-state index contributed by atoms with van der Waals surface area (Å²) in [7, 11) is 0. The molecule has 6 aromatic carbocycles. The van der Waals surface area contributed by atoms with Gasteiger partial charge in [0.15, 0.2) is 0 Å². The third kappa shape index (κ3) is 8.59. The summed E-state index contributed by atoms with van der Waals surface area (Å²) in [6.07, 6.45) is 0. The molecule has 8 heteroatoms. The molecule has 3 aliphatic heterocycles. The quantitative estimate of drug-likeness (QED) is 0.164. The Hall–Kier alpha value is -4.70. The lowest BCUT2D eigenvalue weighted by molar-refractivity contribution is 0.152. The molecule has 3 N–H and O–H groups in total. The number of nitrogens with zero attached hydrogens (tertiary/aromatic N) is 2. The van der Waals surface area contributed by atoms with E-state index in [-0.39, 0.29) is 0 Å². The fraction of sp³-hybridized carbons (Fsp3) is 0.333. The first-order chi connectivity index (χ1) is 26.3. The van der Waals surface area contributed by atoms with E-state index in [9.17, 15) is 0 Å². The highest BCUT2D eigenvalue weighted by molar-refractivity contribution is 5.89. The molecule has 6 aromatic rings. The molecular weight excluding hydrogens is 659 g/mol. The third-order valence-electron chi connectivity index (χ3n) is 10.7. The summed E-state index contributed by atoms with van der Waals surface area (Å²) in [4.78, 5) is 4.96. The smallest absolute Gasteiger partial charge is 0.124 e. The molecule has 0 unspecified atom stereocenters. The van der Waals surface area contributed by atoms with Crippen molar-refractivity contribution < 1.29 is 14.2 Å². The fourth-order valence-corrected chi connectivity index (χ4v) is 7.78. The Bertz CT molecular complexity index is 1900. The standard InChI is InChI=1S/C45H51N5O3/c1-4-10-37-34(7-1)13-16-43-40(37)31-46-19-22-49-23-20-47-32-41-38-11-5-2-8-35(38)14-17-44(41)52-29-26-50(25-28-51-43)27-30-53-45-18-15-36-9-3-6-12-39(36)42(45)33-48-21-24-49/h1-18,46-48H,19-33H2. The first-order valence-electron chi connectivity index (χ1n) is 19.3. The van der Waals surface area contributed by atoms with Crippen LogP contribution < -0.4 is 30.2 Å². The molecule has 274 valence electrons. The van der Waals surface area contributed by atoms with E-state index in [0.29, 0.717) is 19.8 Å². The molecule has 0 saturated carbocycles. The molecule has 9 rings (SSSR count). The molecular formula is C45H51N5O3. The summed E-state index contributed by atoms with van der Waals surface area (Å²) in [5.74, 6) is 2.83. The van der Waals surface area contributed by atoms with Crippen molar-refractivity contribution in [3.05, 3.63) is 126 Å². The zero-order chi connectivity index (χ0) is 35.7. The van der Waals surface area contributed by atoms with Crippen LogP contribution in [0.15, 0.2) is 109 Å². The Morgan fingerprint density at radius 2 is 0.679 bits per heavy atom. The van der Waals surface area contributed by atoms with Crippen LogP contribution in [-0.4, -0.2) is 88.5 Å². The van der Waals surface area contributed by atoms with Crippen molar-refractivity contribution in [1.29, 1.82) is 0 Å². The van der Waals surface area contributed by atoms with Gasteiger partial charge in [-0.3, -0.25) is 9.80 Å². The Morgan fingerprint density at radius 3 is 1.04 bits per heavy atom. The van der Waals surface area contributed by atoms with E-state index in [1.165, 1.54) is 49.0 Å². The van der Waals surface area contributed by atoms with Gasteiger partial charge in [0.2, 0.25) is 0 Å². The van der Waals surface area contributed by atoms with E-state index >= 15 is 0 Å². The molecule has 0 fully saturated rings. The lowest BCUT2D eigenvalue weighted by atomic mass is 10.0. The first-order valence-corrected chi connectivity index (χ1v) is 19.3. The average molecular weight is 710 g/mol. The molecule has 0 saturated heterocycles. The summed E-state index contributed by atoms with van der Waals surface area (Å²) >= 11 is 0. The van der Waals surface area contributed by atoms with Gasteiger partial charge >= 0.3 is 0 Å². The lowest BCUT2D eigenvalue weighted by Gasteiger charge is -2.26. The van der Waals surface area contributed by atoms with Crippen molar-refractivity contribution in [3.8, 4) is 17.2 Å². The van der Waals surface area contributed by atoms with Crippen molar-refractivity contribution in [2.24, 2.45) is 0 Å². The number of hydrogen-bond donors (Lipinski definition) is 3. The molecule has 3 heterocycles. The Labute approximate surface area is 313 Å². The van der Waals surface area contributed by atoms with Crippen molar-refractivity contribution >= 4 is 32.3 Å². The monoisotopic (exact) mass is 709 g/mol. The lowest BCUT2D eigenvalue weighted by Crippen LogP contribution is -2.40. The molecule has 0 amide bonds. The number of rotatable bonds is 0. The highest BCUT2D eigenvalue weighted by Gasteiger charge is 2.16. The normalized spacial score (nSPS) is 19.9. The number of nitrogens with one attached hydrogen (secondary N) is 3. The molecule has 0 spiro atoms. The van der Waals surface area contributed by atoms with E-state index in [2.05, 4.69) is 135 Å². The van der Waals surface area contributed by atoms with E-state index in [1.807, 2.05) is 0 Å². The number of hydrogen-bond acceptors (Lipinski definition) is 8. The van der Waals surface area contributed by atoms with Gasteiger partial charge in [-0.05, 0) is 50.5 Å². The van der Waals surface area contributed by atoms with Crippen LogP contribution in [0.2, 0.25) is 0 Å². The molecule has 0 radical (unpaired) electrons. The van der Waals surface area contributed by atoms with E-state index < -0.39 is 0 Å². The molecule has 3 aliphatic rings. The van der Waals surface area contributed by atoms with Gasteiger partial charge in [-0.15, -0.1) is 0 Å². The zero-order valence-corrected chi connectivity index (χ0v) is 30.6. The molecule has 53 heavy (non-hydrogen) atoms. The van der Waals surface area contributed by atoms with E-state index in [4.69, 9.17) is 14.2 Å². The predicted molar refractivity (Wildman–Crippen MR) is 216 cm³/mol. The maximum absolute atomic E-state index is 6.62. The van der Waals surface area contributed by atoms with Crippen LogP contribution in [0.5, 0.6) is 17.2 Å². The Balaban J connectivity index is 1.11. The van der Waals surface area contributed by atoms with E-state index in [0.717, 1.165) is 95.8 Å². The van der Waals surface area contributed by atoms with Gasteiger partial charge in [-0.1, -0.05) is 91.0 Å². The SMILES string of the molecule is c1ccc2c3c(ccc2c1)OCCN1CCOc2ccc4ccccc4c2CNCCN(CCNC3)CCNCc2c(ccc3ccccc23)OCC1. The minimum absolute atomic E-state index is 0.565. The van der Waals surface area contributed by atoms with Gasteiger partial charge in [0.1, 0.15) is 37.1 Å². The van der Waals surface area contributed by atoms with Crippen LogP contribution in [0, 0.1) is 0 Å². The summed E-state index contributed by atoms with van der Waals surface area (Å²) in [6, 6.07) is 38.8. The van der Waals surface area contributed by atoms with Crippen molar-refractivity contribution in [2.45, 2.75) is 19.6 Å². The molecule has 0 atom stereocenters. The number of fused-ring (bicyclic) bond motifs is 18. The average Bonchev–Trinajstić information content (AvgIpc) is 3.19. The molecule has 0 aliphatic carbocycles. The second kappa shape index (κ2) is 17.4. The highest BCUT2D eigenvalue weighted by Crippen LogP contribution is 2.31. The molecule has 0 aromatic heterocycles. The second-order valence-electron chi connectivity index (χ2n) is 14.0. The van der Waals surface area contributed by atoms with E-state index in [1.54, 1.807) is 0 Å². The predicted octanol–water partition coefficient (Wildman–Crippen LogP) is 6.58. The van der Waals surface area contributed by atoms with Gasteiger partial charge < -0.3 is 30.2 Å². The van der Waals surface area contributed by atoms with Gasteiger partial charge in [0.25, 0.3) is 0 Å². The van der Waals surface area contributed by atoms with Gasteiger partial charge in [0, 0.05) is 95.2 Å². The summed E-state index contributed by atoms with van der Waals surface area (Å²) < 4.78 is 19.9. The largest absolute Gasteiger partial charge is 0.492 e. The topological polar surface area (TPSA) is 70.3 Å². The van der Waals surface area contributed by atoms with Crippen LogP contribution in [-0.2, 0) is 19.6 Å². The minimum atomic E-state index is 0.565. The summed E-state index contributed by atoms with van der Waals surface area (Å²) in [6.45, 7) is 11.6. The number of benzene rings is 6. The third-order valence-corrected chi connectivity index (χ3v) is 10.7. The van der Waals surface area contributed by atoms with Crippen molar-refractivity contribution in [1.82, 2.24) is 25.8 Å². The van der Waals surface area contributed by atoms with Crippen LogP contribution in [0.25, 0.3) is 32.3 Å². The molecule has 2 bridgehead atoms. The maximum atomic E-state index is 6.62. The van der Waals surface area contributed by atoms with Gasteiger partial charge in [-0.25, -0.2) is 0 Å². The summed E-state index contributed by atoms with van der Waals surface area (Å²) in [5, 5.41) is 18.8. The van der Waals surface area contributed by atoms with Crippen molar-refractivity contribution in [2.75, 3.05) is 78.7 Å². The van der Waals surface area contributed by atoms with Crippen LogP contribution in [0.4, 0.5) is 0 Å². The van der Waals surface area contributed by atoms with Gasteiger partial charge in [-0.2, -0.15) is 0 Å². The first kappa shape index (κ1) is 35.3. The fourth-order valence-electron chi connectivity index (χ4n) is 7.78. The minimum Gasteiger partial charge on any atom is -0.492 e. The van der Waals surface area contributed by atoms with Crippen LogP contribution in [0.3, 0.4) is 0 Å². The van der Waals surface area contributed by atoms with Gasteiger partial charge in [0.05, 0.1) is 0 Å². The van der Waals surface area contributed by atoms with Crippen LogP contribution in [0.1, 0.15) is 16.7 Å². The zero-order valence-electron chi connectivity index (χ0n) is 30.6. The van der Waals surface area contributed by atoms with Crippen molar-refractivity contribution in [3.63, 3.8) is 0 Å². The Kier molecular flexibility index (Phi) is 11.6. The molecule has 8 nitrogen and oxygen atoms in total.